The number of hydrogen-bond acceptors (Lipinski definition) is 1. The molecule has 0 aromatic rings. The van der Waals surface area contributed by atoms with E-state index in [1.165, 1.54) is 31.3 Å². The van der Waals surface area contributed by atoms with Crippen LogP contribution in [0.25, 0.3) is 0 Å². The van der Waals surface area contributed by atoms with Crippen LogP contribution in [0.1, 0.15) is 52.9 Å². The summed E-state index contributed by atoms with van der Waals surface area (Å²) < 4.78 is 0. The molecule has 0 radical (unpaired) electrons. The van der Waals surface area contributed by atoms with Crippen LogP contribution in [0, 0.1) is 11.8 Å². The van der Waals surface area contributed by atoms with Gasteiger partial charge >= 0.3 is 0 Å². The lowest BCUT2D eigenvalue weighted by Crippen LogP contribution is -2.38. The first-order valence-corrected chi connectivity index (χ1v) is 6.53. The lowest BCUT2D eigenvalue weighted by Gasteiger charge is -2.28. The van der Waals surface area contributed by atoms with E-state index in [-0.39, 0.29) is 0 Å². The van der Waals surface area contributed by atoms with Gasteiger partial charge in [0.25, 0.3) is 0 Å². The van der Waals surface area contributed by atoms with Gasteiger partial charge in [0.2, 0.25) is 0 Å². The first kappa shape index (κ1) is 12.8. The Morgan fingerprint density at radius 3 is 2.67 bits per heavy atom. The van der Waals surface area contributed by atoms with Gasteiger partial charge in [0, 0.05) is 6.04 Å². The lowest BCUT2D eigenvalue weighted by molar-refractivity contribution is 0.295. The zero-order chi connectivity index (χ0) is 11.3. The first-order chi connectivity index (χ1) is 7.15. The Morgan fingerprint density at radius 2 is 2.20 bits per heavy atom. The Hall–Kier alpha value is -0.300. The molecule has 1 rings (SSSR count). The molecule has 15 heavy (non-hydrogen) atoms. The molecular formula is C14H27N. The number of nitrogens with one attached hydrogen (secondary N) is 1. The Labute approximate surface area is 95.3 Å². The molecule has 1 saturated carbocycles. The molecule has 3 atom stereocenters. The molecule has 0 aromatic heterocycles. The average Bonchev–Trinajstić information content (AvgIpc) is 2.58. The second-order valence-corrected chi connectivity index (χ2v) is 5.29. The average molecular weight is 209 g/mol. The normalized spacial score (nSPS) is 27.9. The second kappa shape index (κ2) is 6.32. The predicted molar refractivity (Wildman–Crippen MR) is 68.0 cm³/mol. The minimum absolute atomic E-state index is 0.681. The second-order valence-electron chi connectivity index (χ2n) is 5.29. The highest BCUT2D eigenvalue weighted by molar-refractivity contribution is 4.97. The molecule has 1 fully saturated rings. The van der Waals surface area contributed by atoms with Gasteiger partial charge in [0.05, 0.1) is 0 Å². The molecule has 0 aliphatic heterocycles. The topological polar surface area (TPSA) is 12.0 Å². The summed E-state index contributed by atoms with van der Waals surface area (Å²) in [7, 11) is 0. The molecule has 88 valence electrons. The molecule has 1 N–H and O–H groups in total. The van der Waals surface area contributed by atoms with Gasteiger partial charge in [0.1, 0.15) is 0 Å². The summed E-state index contributed by atoms with van der Waals surface area (Å²) in [5.74, 6) is 1.78. The summed E-state index contributed by atoms with van der Waals surface area (Å²) in [5.41, 5.74) is 1.32. The summed E-state index contributed by atoms with van der Waals surface area (Å²) >= 11 is 0. The number of hydrogen-bond donors (Lipinski definition) is 1. The van der Waals surface area contributed by atoms with Gasteiger partial charge in [-0.25, -0.2) is 0 Å². The summed E-state index contributed by atoms with van der Waals surface area (Å²) in [5, 5.41) is 3.71. The Morgan fingerprint density at radius 1 is 1.47 bits per heavy atom. The maximum atomic E-state index is 4.06. The smallest absolute Gasteiger partial charge is 0.0135 e. The summed E-state index contributed by atoms with van der Waals surface area (Å²) in [6.45, 7) is 12.0. The van der Waals surface area contributed by atoms with Crippen molar-refractivity contribution >= 4 is 0 Å². The van der Waals surface area contributed by atoms with Crippen molar-refractivity contribution in [3.8, 4) is 0 Å². The monoisotopic (exact) mass is 209 g/mol. The third kappa shape index (κ3) is 3.98. The van der Waals surface area contributed by atoms with E-state index in [1.807, 2.05) is 0 Å². The largest absolute Gasteiger partial charge is 0.313 e. The van der Waals surface area contributed by atoms with E-state index in [1.54, 1.807) is 0 Å². The fraction of sp³-hybridized carbons (Fsp3) is 0.857. The third-order valence-electron chi connectivity index (χ3n) is 3.67. The van der Waals surface area contributed by atoms with Gasteiger partial charge < -0.3 is 5.32 Å². The minimum atomic E-state index is 0.681. The Bertz CT molecular complexity index is 198. The quantitative estimate of drug-likeness (QED) is 0.657. The molecule has 1 nitrogen and oxygen atoms in total. The molecule has 0 spiro atoms. The minimum Gasteiger partial charge on any atom is -0.313 e. The van der Waals surface area contributed by atoms with Crippen LogP contribution in [0.15, 0.2) is 12.2 Å². The Kier molecular flexibility index (Phi) is 5.38. The van der Waals surface area contributed by atoms with Crippen molar-refractivity contribution in [1.82, 2.24) is 5.32 Å². The van der Waals surface area contributed by atoms with Crippen LogP contribution in [0.5, 0.6) is 0 Å². The lowest BCUT2D eigenvalue weighted by atomic mass is 9.87. The molecule has 0 bridgehead atoms. The SMILES string of the molecule is C=C(C)CC(NCCC)C1CCCC1C. The van der Waals surface area contributed by atoms with Gasteiger partial charge in [-0.3, -0.25) is 0 Å². The van der Waals surface area contributed by atoms with Gasteiger partial charge in [-0.15, -0.1) is 6.58 Å². The maximum Gasteiger partial charge on any atom is 0.0135 e. The van der Waals surface area contributed by atoms with Crippen LogP contribution in [0.3, 0.4) is 0 Å². The van der Waals surface area contributed by atoms with Crippen molar-refractivity contribution in [2.24, 2.45) is 11.8 Å². The van der Waals surface area contributed by atoms with Crippen LogP contribution in [0.4, 0.5) is 0 Å². The molecule has 1 aliphatic rings. The van der Waals surface area contributed by atoms with Gasteiger partial charge in [-0.1, -0.05) is 32.3 Å². The third-order valence-corrected chi connectivity index (χ3v) is 3.67. The van der Waals surface area contributed by atoms with Gasteiger partial charge in [0.15, 0.2) is 0 Å². The molecule has 0 heterocycles. The van der Waals surface area contributed by atoms with Gasteiger partial charge in [-0.2, -0.15) is 0 Å². The maximum absolute atomic E-state index is 4.06. The van der Waals surface area contributed by atoms with Crippen LogP contribution < -0.4 is 5.32 Å². The van der Waals surface area contributed by atoms with E-state index < -0.39 is 0 Å². The van der Waals surface area contributed by atoms with Crippen molar-refractivity contribution in [3.63, 3.8) is 0 Å². The standard InChI is InChI=1S/C14H27N/c1-5-9-15-14(10-11(2)3)13-8-6-7-12(13)4/h12-15H,2,5-10H2,1,3-4H3. The van der Waals surface area contributed by atoms with Crippen molar-refractivity contribution in [1.29, 1.82) is 0 Å². The molecule has 0 saturated heterocycles. The summed E-state index contributed by atoms with van der Waals surface area (Å²) in [6.07, 6.45) is 6.65. The van der Waals surface area contributed by atoms with E-state index in [4.69, 9.17) is 0 Å². The molecule has 3 unspecified atom stereocenters. The van der Waals surface area contributed by atoms with Crippen LogP contribution in [0.2, 0.25) is 0 Å². The van der Waals surface area contributed by atoms with Crippen LogP contribution in [-0.4, -0.2) is 12.6 Å². The highest BCUT2D eigenvalue weighted by Crippen LogP contribution is 2.35. The molecule has 1 aliphatic carbocycles. The highest BCUT2D eigenvalue weighted by Gasteiger charge is 2.30. The van der Waals surface area contributed by atoms with Crippen molar-refractivity contribution in [2.45, 2.75) is 58.9 Å². The van der Waals surface area contributed by atoms with Crippen molar-refractivity contribution < 1.29 is 0 Å². The van der Waals surface area contributed by atoms with Crippen LogP contribution >= 0.6 is 0 Å². The molecule has 1 heteroatoms. The summed E-state index contributed by atoms with van der Waals surface area (Å²) in [6, 6.07) is 0.681. The predicted octanol–water partition coefficient (Wildman–Crippen LogP) is 3.76. The van der Waals surface area contributed by atoms with Crippen molar-refractivity contribution in [2.75, 3.05) is 6.54 Å². The Balaban J connectivity index is 2.49. The zero-order valence-electron chi connectivity index (χ0n) is 10.7. The van der Waals surface area contributed by atoms with Crippen LogP contribution in [-0.2, 0) is 0 Å². The van der Waals surface area contributed by atoms with E-state index in [2.05, 4.69) is 32.7 Å². The zero-order valence-corrected chi connectivity index (χ0v) is 10.7. The van der Waals surface area contributed by atoms with E-state index in [0.29, 0.717) is 6.04 Å². The summed E-state index contributed by atoms with van der Waals surface area (Å²) in [4.78, 5) is 0. The molecule has 0 aromatic carbocycles. The molecule has 0 amide bonds. The number of rotatable bonds is 6. The molecular weight excluding hydrogens is 182 g/mol. The highest BCUT2D eigenvalue weighted by atomic mass is 14.9. The van der Waals surface area contributed by atoms with E-state index >= 15 is 0 Å². The van der Waals surface area contributed by atoms with Gasteiger partial charge in [-0.05, 0) is 44.6 Å². The fourth-order valence-corrected chi connectivity index (χ4v) is 2.85. The fourth-order valence-electron chi connectivity index (χ4n) is 2.85. The first-order valence-electron chi connectivity index (χ1n) is 6.53. The van der Waals surface area contributed by atoms with E-state index in [9.17, 15) is 0 Å². The van der Waals surface area contributed by atoms with Crippen molar-refractivity contribution in [3.05, 3.63) is 12.2 Å². The van der Waals surface area contributed by atoms with E-state index in [0.717, 1.165) is 24.8 Å².